The third-order valence-electron chi connectivity index (χ3n) is 5.62. The third kappa shape index (κ3) is 4.54. The van der Waals surface area contributed by atoms with E-state index in [1.807, 2.05) is 28.5 Å². The Morgan fingerprint density at radius 2 is 1.88 bits per heavy atom. The molecule has 0 aromatic carbocycles. The number of nitrogens with zero attached hydrogens (tertiary/aromatic N) is 3. The molecule has 7 nitrogen and oxygen atoms in total. The fraction of sp³-hybridized carbons (Fsp3) is 0.882. The molecule has 0 bridgehead atoms. The first-order valence-electron chi connectivity index (χ1n) is 9.52. The number of likely N-dealkylation sites (N-methyl/N-ethyl adjacent to an activating group) is 1. The summed E-state index contributed by atoms with van der Waals surface area (Å²) in [5.74, 6) is 2.30. The molecule has 3 fully saturated rings. The van der Waals surface area contributed by atoms with Crippen molar-refractivity contribution in [1.82, 2.24) is 14.7 Å². The molecule has 3 aliphatic rings. The van der Waals surface area contributed by atoms with Gasteiger partial charge >= 0.3 is 0 Å². The van der Waals surface area contributed by atoms with Gasteiger partial charge in [0.05, 0.1) is 24.1 Å². The first-order valence-corrected chi connectivity index (χ1v) is 12.5. The van der Waals surface area contributed by atoms with Crippen LogP contribution in [0, 0.1) is 0 Å². The summed E-state index contributed by atoms with van der Waals surface area (Å²) in [6, 6.07) is -0.415. The molecule has 0 spiro atoms. The van der Waals surface area contributed by atoms with E-state index in [1.54, 1.807) is 4.90 Å². The molecule has 3 saturated heterocycles. The largest absolute Gasteiger partial charge is 0.340 e. The van der Waals surface area contributed by atoms with Crippen LogP contribution in [0.25, 0.3) is 0 Å². The summed E-state index contributed by atoms with van der Waals surface area (Å²) in [6.07, 6.45) is 2.26. The third-order valence-corrected chi connectivity index (χ3v) is 8.31. The Bertz CT molecular complexity index is 634. The van der Waals surface area contributed by atoms with Crippen molar-refractivity contribution < 1.29 is 18.0 Å². The van der Waals surface area contributed by atoms with Crippen LogP contribution in [0.1, 0.15) is 26.2 Å². The summed E-state index contributed by atoms with van der Waals surface area (Å²) in [7, 11) is -3.02. The van der Waals surface area contributed by atoms with Crippen LogP contribution in [0.4, 0.5) is 0 Å². The Morgan fingerprint density at radius 1 is 1.15 bits per heavy atom. The number of rotatable bonds is 5. The zero-order chi connectivity index (χ0) is 18.7. The molecule has 0 aromatic rings. The molecular formula is C17H29N3O4S2. The fourth-order valence-corrected chi connectivity index (χ4v) is 6.85. The zero-order valence-electron chi connectivity index (χ0n) is 15.4. The number of sulfone groups is 1. The van der Waals surface area contributed by atoms with Gasteiger partial charge in [-0.1, -0.05) is 0 Å². The maximum Gasteiger partial charge on any atom is 0.239 e. The van der Waals surface area contributed by atoms with Gasteiger partial charge in [-0.15, -0.1) is 0 Å². The Morgan fingerprint density at radius 3 is 2.50 bits per heavy atom. The molecule has 9 heteroatoms. The molecule has 0 saturated carbocycles. The highest BCUT2D eigenvalue weighted by Gasteiger charge is 2.38. The maximum absolute atomic E-state index is 12.8. The molecule has 0 radical (unpaired) electrons. The van der Waals surface area contributed by atoms with Gasteiger partial charge in [0.2, 0.25) is 11.8 Å². The van der Waals surface area contributed by atoms with Crippen LogP contribution in [-0.4, -0.2) is 103 Å². The summed E-state index contributed by atoms with van der Waals surface area (Å²) in [5, 5.41) is 0. The molecule has 26 heavy (non-hydrogen) atoms. The minimum absolute atomic E-state index is 0.0523. The molecule has 3 heterocycles. The fourth-order valence-electron chi connectivity index (χ4n) is 4.21. The molecule has 2 atom stereocenters. The summed E-state index contributed by atoms with van der Waals surface area (Å²) >= 11 is 1.87. The van der Waals surface area contributed by atoms with E-state index in [9.17, 15) is 18.0 Å². The molecular weight excluding hydrogens is 374 g/mol. The predicted octanol–water partition coefficient (Wildman–Crippen LogP) is 0.0618. The molecule has 3 aliphatic heterocycles. The van der Waals surface area contributed by atoms with E-state index in [2.05, 4.69) is 0 Å². The molecule has 0 aromatic heterocycles. The first-order chi connectivity index (χ1) is 12.4. The number of hydrogen-bond donors (Lipinski definition) is 0. The highest BCUT2D eigenvalue weighted by atomic mass is 32.2. The summed E-state index contributed by atoms with van der Waals surface area (Å²) in [5.41, 5.74) is 0. The quantitative estimate of drug-likeness (QED) is 0.646. The lowest BCUT2D eigenvalue weighted by molar-refractivity contribution is -0.138. The molecule has 2 amide bonds. The van der Waals surface area contributed by atoms with Crippen molar-refractivity contribution in [2.24, 2.45) is 0 Å². The summed E-state index contributed by atoms with van der Waals surface area (Å²) in [6.45, 7) is 4.95. The van der Waals surface area contributed by atoms with E-state index in [1.165, 1.54) is 0 Å². The summed E-state index contributed by atoms with van der Waals surface area (Å²) < 4.78 is 23.5. The molecule has 0 aliphatic carbocycles. The van der Waals surface area contributed by atoms with E-state index in [-0.39, 0.29) is 41.9 Å². The second-order valence-corrected chi connectivity index (χ2v) is 10.8. The van der Waals surface area contributed by atoms with Crippen LogP contribution >= 0.6 is 11.8 Å². The Labute approximate surface area is 160 Å². The lowest BCUT2D eigenvalue weighted by Gasteiger charge is -2.34. The van der Waals surface area contributed by atoms with Gasteiger partial charge in [0, 0.05) is 37.2 Å². The molecule has 2 unspecified atom stereocenters. The Kier molecular flexibility index (Phi) is 6.50. The Hall–Kier alpha value is -0.800. The minimum atomic E-state index is -3.02. The van der Waals surface area contributed by atoms with Gasteiger partial charge in [-0.2, -0.15) is 11.8 Å². The van der Waals surface area contributed by atoms with Crippen molar-refractivity contribution >= 4 is 33.4 Å². The van der Waals surface area contributed by atoms with Crippen molar-refractivity contribution in [3.05, 3.63) is 0 Å². The van der Waals surface area contributed by atoms with Crippen molar-refractivity contribution in [1.29, 1.82) is 0 Å². The van der Waals surface area contributed by atoms with Crippen LogP contribution in [0.15, 0.2) is 0 Å². The van der Waals surface area contributed by atoms with Crippen LogP contribution in [0.2, 0.25) is 0 Å². The van der Waals surface area contributed by atoms with E-state index < -0.39 is 9.84 Å². The monoisotopic (exact) mass is 403 g/mol. The van der Waals surface area contributed by atoms with Gasteiger partial charge < -0.3 is 9.80 Å². The van der Waals surface area contributed by atoms with E-state index in [0.717, 1.165) is 44.0 Å². The number of carbonyl (C=O) groups is 2. The van der Waals surface area contributed by atoms with E-state index in [0.29, 0.717) is 13.0 Å². The standard InChI is InChI=1S/C17H29N3O4S2/c1-2-20(14-5-11-26(23,24)13-14)16(21)12-19-6-3-4-15(19)17(22)18-7-9-25-10-8-18/h14-15H,2-13H2,1H3. The SMILES string of the molecule is CCN(C(=O)CN1CCCC1C(=O)N1CCSCC1)C1CCS(=O)(=O)C1. The van der Waals surface area contributed by atoms with Gasteiger partial charge in [-0.25, -0.2) is 8.42 Å². The highest BCUT2D eigenvalue weighted by Crippen LogP contribution is 2.23. The average molecular weight is 404 g/mol. The van der Waals surface area contributed by atoms with E-state index >= 15 is 0 Å². The topological polar surface area (TPSA) is 78.0 Å². The lowest BCUT2D eigenvalue weighted by Crippen LogP contribution is -2.52. The average Bonchev–Trinajstić information content (AvgIpc) is 3.22. The smallest absolute Gasteiger partial charge is 0.239 e. The number of carbonyl (C=O) groups excluding carboxylic acids is 2. The van der Waals surface area contributed by atoms with Crippen LogP contribution in [0.5, 0.6) is 0 Å². The molecule has 148 valence electrons. The second-order valence-electron chi connectivity index (χ2n) is 7.30. The van der Waals surface area contributed by atoms with Crippen LogP contribution < -0.4 is 0 Å². The molecule has 3 rings (SSSR count). The van der Waals surface area contributed by atoms with Gasteiger partial charge in [0.1, 0.15) is 0 Å². The zero-order valence-corrected chi connectivity index (χ0v) is 17.1. The first kappa shape index (κ1) is 19.9. The Balaban J connectivity index is 1.60. The van der Waals surface area contributed by atoms with Crippen molar-refractivity contribution in [3.63, 3.8) is 0 Å². The number of amides is 2. The highest BCUT2D eigenvalue weighted by molar-refractivity contribution is 7.99. The van der Waals surface area contributed by atoms with Gasteiger partial charge in [0.15, 0.2) is 9.84 Å². The van der Waals surface area contributed by atoms with Crippen LogP contribution in [-0.2, 0) is 19.4 Å². The number of thioether (sulfide) groups is 1. The van der Waals surface area contributed by atoms with Gasteiger partial charge in [-0.3, -0.25) is 14.5 Å². The van der Waals surface area contributed by atoms with Crippen LogP contribution in [0.3, 0.4) is 0 Å². The minimum Gasteiger partial charge on any atom is -0.340 e. The number of likely N-dealkylation sites (tertiary alicyclic amines) is 1. The molecule has 0 N–H and O–H groups in total. The van der Waals surface area contributed by atoms with E-state index in [4.69, 9.17) is 0 Å². The predicted molar refractivity (Wildman–Crippen MR) is 103 cm³/mol. The summed E-state index contributed by atoms with van der Waals surface area (Å²) in [4.78, 5) is 31.3. The van der Waals surface area contributed by atoms with Gasteiger partial charge in [-0.05, 0) is 32.7 Å². The van der Waals surface area contributed by atoms with Gasteiger partial charge in [0.25, 0.3) is 0 Å². The number of hydrogen-bond acceptors (Lipinski definition) is 6. The normalized spacial score (nSPS) is 29.0. The van der Waals surface area contributed by atoms with Crippen molar-refractivity contribution in [2.45, 2.75) is 38.3 Å². The van der Waals surface area contributed by atoms with Crippen molar-refractivity contribution in [3.8, 4) is 0 Å². The maximum atomic E-state index is 12.8. The lowest BCUT2D eigenvalue weighted by atomic mass is 10.1. The van der Waals surface area contributed by atoms with Crippen molar-refractivity contribution in [2.75, 3.05) is 55.7 Å². The second kappa shape index (κ2) is 8.48.